The number of hydrogen-bond acceptors (Lipinski definition) is 2. The molecule has 2 unspecified atom stereocenters. The fourth-order valence-electron chi connectivity index (χ4n) is 1.81. The van der Waals surface area contributed by atoms with Crippen LogP contribution in [0.5, 0.6) is 0 Å². The van der Waals surface area contributed by atoms with Crippen LogP contribution in [0.1, 0.15) is 45.1 Å². The molecule has 0 saturated carbocycles. The third kappa shape index (κ3) is 3.33. The summed E-state index contributed by atoms with van der Waals surface area (Å²) in [6, 6.07) is 11.8. The lowest BCUT2D eigenvalue weighted by Crippen LogP contribution is -2.46. The summed E-state index contributed by atoms with van der Waals surface area (Å²) in [6.45, 7) is 5.63. The minimum Gasteiger partial charge on any atom is -0.338 e. The maximum absolute atomic E-state index is 12.2. The lowest BCUT2D eigenvalue weighted by molar-refractivity contribution is -0.123. The van der Waals surface area contributed by atoms with Gasteiger partial charge in [0.1, 0.15) is 5.54 Å². The first-order chi connectivity index (χ1) is 8.56. The quantitative estimate of drug-likeness (QED) is 0.865. The number of nitrogens with zero attached hydrogens (tertiary/aromatic N) is 1. The highest BCUT2D eigenvalue weighted by Crippen LogP contribution is 2.21. The van der Waals surface area contributed by atoms with Crippen molar-refractivity contribution in [3.63, 3.8) is 0 Å². The lowest BCUT2D eigenvalue weighted by Gasteiger charge is -2.24. The summed E-state index contributed by atoms with van der Waals surface area (Å²) in [5.41, 5.74) is 0.216. The van der Waals surface area contributed by atoms with Crippen LogP contribution < -0.4 is 5.32 Å². The van der Waals surface area contributed by atoms with Gasteiger partial charge in [0.05, 0.1) is 12.0 Å². The molecule has 3 heteroatoms. The minimum absolute atomic E-state index is 0.0744. The van der Waals surface area contributed by atoms with Crippen LogP contribution >= 0.6 is 0 Å². The zero-order chi connectivity index (χ0) is 13.6. The Morgan fingerprint density at radius 3 is 2.44 bits per heavy atom. The van der Waals surface area contributed by atoms with E-state index in [-0.39, 0.29) is 11.8 Å². The molecule has 0 saturated heterocycles. The number of carbonyl (C=O) groups excluding carboxylic acids is 1. The first-order valence-corrected chi connectivity index (χ1v) is 6.34. The van der Waals surface area contributed by atoms with Gasteiger partial charge in [-0.05, 0) is 25.3 Å². The lowest BCUT2D eigenvalue weighted by atomic mass is 9.93. The van der Waals surface area contributed by atoms with Crippen molar-refractivity contribution in [2.45, 2.75) is 45.1 Å². The molecule has 0 heterocycles. The number of amides is 1. The topological polar surface area (TPSA) is 52.9 Å². The molecule has 3 nitrogen and oxygen atoms in total. The highest BCUT2D eigenvalue weighted by Gasteiger charge is 2.27. The molecule has 2 atom stereocenters. The summed E-state index contributed by atoms with van der Waals surface area (Å²) >= 11 is 0. The highest BCUT2D eigenvalue weighted by atomic mass is 16.2. The fourth-order valence-corrected chi connectivity index (χ4v) is 1.81. The Balaban J connectivity index is 2.85. The normalized spacial score (nSPS) is 15.2. The fraction of sp³-hybridized carbons (Fsp3) is 0.467. The third-order valence-corrected chi connectivity index (χ3v) is 3.28. The molecule has 0 aliphatic rings. The van der Waals surface area contributed by atoms with Gasteiger partial charge in [-0.2, -0.15) is 5.26 Å². The molecule has 0 aromatic heterocycles. The number of nitrogens with one attached hydrogen (secondary N) is 1. The molecule has 1 rings (SSSR count). The average molecular weight is 244 g/mol. The van der Waals surface area contributed by atoms with Crippen LogP contribution in [-0.2, 0) is 4.79 Å². The molecule has 96 valence electrons. The van der Waals surface area contributed by atoms with E-state index in [0.717, 1.165) is 12.0 Å². The van der Waals surface area contributed by atoms with Gasteiger partial charge in [-0.1, -0.05) is 44.2 Å². The number of rotatable bonds is 5. The third-order valence-electron chi connectivity index (χ3n) is 3.28. The number of carbonyl (C=O) groups is 1. The average Bonchev–Trinajstić information content (AvgIpc) is 2.40. The molecule has 0 spiro atoms. The molecule has 18 heavy (non-hydrogen) atoms. The highest BCUT2D eigenvalue weighted by molar-refractivity contribution is 5.84. The summed E-state index contributed by atoms with van der Waals surface area (Å²) in [4.78, 5) is 12.2. The summed E-state index contributed by atoms with van der Waals surface area (Å²) in [5.74, 6) is -0.264. The van der Waals surface area contributed by atoms with Crippen molar-refractivity contribution >= 4 is 5.91 Å². The molecular formula is C15H20N2O. The van der Waals surface area contributed by atoms with Crippen molar-refractivity contribution in [1.29, 1.82) is 5.26 Å². The van der Waals surface area contributed by atoms with Crippen molar-refractivity contribution in [3.8, 4) is 6.07 Å². The van der Waals surface area contributed by atoms with Crippen molar-refractivity contribution < 1.29 is 4.79 Å². The largest absolute Gasteiger partial charge is 0.338 e. The van der Waals surface area contributed by atoms with E-state index in [1.807, 2.05) is 44.2 Å². The van der Waals surface area contributed by atoms with Gasteiger partial charge in [0.2, 0.25) is 5.91 Å². The van der Waals surface area contributed by atoms with E-state index in [1.165, 1.54) is 0 Å². The van der Waals surface area contributed by atoms with Gasteiger partial charge in [-0.25, -0.2) is 0 Å². The van der Waals surface area contributed by atoms with Gasteiger partial charge in [0.15, 0.2) is 0 Å². The van der Waals surface area contributed by atoms with Crippen LogP contribution in [0, 0.1) is 11.3 Å². The van der Waals surface area contributed by atoms with E-state index in [4.69, 9.17) is 5.26 Å². The predicted molar refractivity (Wildman–Crippen MR) is 71.9 cm³/mol. The number of nitriles is 1. The molecule has 0 aliphatic heterocycles. The standard InChI is InChI=1S/C15H20N2O/c1-4-13(12-9-7-6-8-10-12)14(18)17-15(3,5-2)11-16/h6-10,13H,4-5H2,1-3H3,(H,17,18). The second-order valence-electron chi connectivity index (χ2n) is 4.66. The summed E-state index contributed by atoms with van der Waals surface area (Å²) in [7, 11) is 0. The van der Waals surface area contributed by atoms with Gasteiger partial charge in [-0.15, -0.1) is 0 Å². The van der Waals surface area contributed by atoms with Crippen molar-refractivity contribution in [2.24, 2.45) is 0 Å². The van der Waals surface area contributed by atoms with Crippen LogP contribution in [0.25, 0.3) is 0 Å². The molecule has 1 aromatic rings. The second-order valence-corrected chi connectivity index (χ2v) is 4.66. The Morgan fingerprint density at radius 1 is 1.39 bits per heavy atom. The van der Waals surface area contributed by atoms with E-state index >= 15 is 0 Å². The van der Waals surface area contributed by atoms with Gasteiger partial charge < -0.3 is 5.32 Å². The van der Waals surface area contributed by atoms with Gasteiger partial charge in [-0.3, -0.25) is 4.79 Å². The zero-order valence-corrected chi connectivity index (χ0v) is 11.2. The Bertz CT molecular complexity index is 436. The Hall–Kier alpha value is -1.82. The first kappa shape index (κ1) is 14.2. The maximum atomic E-state index is 12.2. The molecule has 0 radical (unpaired) electrons. The molecule has 1 amide bonds. The Labute approximate surface area is 109 Å². The van der Waals surface area contributed by atoms with Gasteiger partial charge in [0, 0.05) is 0 Å². The number of benzene rings is 1. The minimum atomic E-state index is -0.778. The molecule has 1 aromatic carbocycles. The Kier molecular flexibility index (Phi) is 4.91. The molecular weight excluding hydrogens is 224 g/mol. The van der Waals surface area contributed by atoms with Gasteiger partial charge in [0.25, 0.3) is 0 Å². The van der Waals surface area contributed by atoms with E-state index in [0.29, 0.717) is 6.42 Å². The smallest absolute Gasteiger partial charge is 0.228 e. The molecule has 0 fully saturated rings. The van der Waals surface area contributed by atoms with Crippen LogP contribution in [0.2, 0.25) is 0 Å². The zero-order valence-electron chi connectivity index (χ0n) is 11.2. The monoisotopic (exact) mass is 244 g/mol. The van der Waals surface area contributed by atoms with Crippen LogP contribution in [0.3, 0.4) is 0 Å². The van der Waals surface area contributed by atoms with E-state index in [2.05, 4.69) is 11.4 Å². The van der Waals surface area contributed by atoms with Crippen LogP contribution in [-0.4, -0.2) is 11.4 Å². The SMILES string of the molecule is CCC(C(=O)NC(C)(C#N)CC)c1ccccc1. The van der Waals surface area contributed by atoms with Crippen molar-refractivity contribution in [3.05, 3.63) is 35.9 Å². The number of hydrogen-bond donors (Lipinski definition) is 1. The van der Waals surface area contributed by atoms with Crippen LogP contribution in [0.15, 0.2) is 30.3 Å². The van der Waals surface area contributed by atoms with E-state index in [9.17, 15) is 4.79 Å². The molecule has 0 bridgehead atoms. The molecule has 0 aliphatic carbocycles. The summed E-state index contributed by atoms with van der Waals surface area (Å²) in [5, 5.41) is 11.9. The summed E-state index contributed by atoms with van der Waals surface area (Å²) in [6.07, 6.45) is 1.32. The van der Waals surface area contributed by atoms with Crippen LogP contribution in [0.4, 0.5) is 0 Å². The summed E-state index contributed by atoms with van der Waals surface area (Å²) < 4.78 is 0. The molecule has 1 N–H and O–H groups in total. The van der Waals surface area contributed by atoms with E-state index in [1.54, 1.807) is 6.92 Å². The maximum Gasteiger partial charge on any atom is 0.228 e. The second kappa shape index (κ2) is 6.20. The van der Waals surface area contributed by atoms with Crippen molar-refractivity contribution in [1.82, 2.24) is 5.32 Å². The first-order valence-electron chi connectivity index (χ1n) is 6.34. The van der Waals surface area contributed by atoms with Crippen molar-refractivity contribution in [2.75, 3.05) is 0 Å². The Morgan fingerprint density at radius 2 is 2.00 bits per heavy atom. The van der Waals surface area contributed by atoms with E-state index < -0.39 is 5.54 Å². The van der Waals surface area contributed by atoms with Gasteiger partial charge >= 0.3 is 0 Å². The predicted octanol–water partition coefficient (Wildman–Crippen LogP) is 2.99.